The van der Waals surface area contributed by atoms with Crippen LogP contribution < -0.4 is 0 Å². The first-order valence-electron chi connectivity index (χ1n) is 5.94. The lowest BCUT2D eigenvalue weighted by Gasteiger charge is -2.33. The summed E-state index contributed by atoms with van der Waals surface area (Å²) in [6.07, 6.45) is 4.74. The quantitative estimate of drug-likeness (QED) is 0.713. The van der Waals surface area contributed by atoms with Crippen LogP contribution >= 0.6 is 0 Å². The van der Waals surface area contributed by atoms with Crippen molar-refractivity contribution in [1.29, 1.82) is 0 Å². The Labute approximate surface area is 100 Å². The number of carboxylic acid groups (broad SMARTS) is 1. The highest BCUT2D eigenvalue weighted by molar-refractivity contribution is 5.85. The molecule has 2 rings (SSSR count). The lowest BCUT2D eigenvalue weighted by Crippen LogP contribution is -2.46. The number of rotatable bonds is 2. The molecule has 0 unspecified atom stereocenters. The van der Waals surface area contributed by atoms with Gasteiger partial charge in [-0.1, -0.05) is 12.2 Å². The van der Waals surface area contributed by atoms with Crippen molar-refractivity contribution >= 4 is 11.9 Å². The van der Waals surface area contributed by atoms with E-state index < -0.39 is 17.8 Å². The highest BCUT2D eigenvalue weighted by atomic mass is 16.5. The van der Waals surface area contributed by atoms with Crippen LogP contribution in [0.1, 0.15) is 12.8 Å². The third-order valence-corrected chi connectivity index (χ3v) is 3.39. The Morgan fingerprint density at radius 2 is 1.71 bits per heavy atom. The molecule has 1 amide bonds. The van der Waals surface area contributed by atoms with Crippen molar-refractivity contribution in [3.63, 3.8) is 0 Å². The van der Waals surface area contributed by atoms with Gasteiger partial charge in [0.15, 0.2) is 0 Å². The minimum Gasteiger partial charge on any atom is -0.481 e. The number of morpholine rings is 1. The normalized spacial score (nSPS) is 29.1. The molecule has 0 aromatic rings. The summed E-state index contributed by atoms with van der Waals surface area (Å²) in [5.41, 5.74) is 0. The molecule has 1 N–H and O–H groups in total. The topological polar surface area (TPSA) is 66.8 Å². The zero-order valence-electron chi connectivity index (χ0n) is 9.67. The summed E-state index contributed by atoms with van der Waals surface area (Å²) in [6.45, 7) is 2.24. The van der Waals surface area contributed by atoms with Gasteiger partial charge in [0.2, 0.25) is 5.91 Å². The van der Waals surface area contributed by atoms with Crippen LogP contribution in [-0.4, -0.2) is 48.2 Å². The van der Waals surface area contributed by atoms with Crippen molar-refractivity contribution in [2.75, 3.05) is 26.3 Å². The first-order chi connectivity index (χ1) is 8.20. The number of nitrogens with zero attached hydrogens (tertiary/aromatic N) is 1. The second kappa shape index (κ2) is 5.31. The van der Waals surface area contributed by atoms with E-state index in [1.807, 2.05) is 12.2 Å². The van der Waals surface area contributed by atoms with E-state index in [0.29, 0.717) is 39.1 Å². The van der Waals surface area contributed by atoms with Crippen molar-refractivity contribution in [3.8, 4) is 0 Å². The van der Waals surface area contributed by atoms with Crippen LogP contribution in [0.25, 0.3) is 0 Å². The molecule has 0 aromatic carbocycles. The number of hydrogen-bond acceptors (Lipinski definition) is 3. The van der Waals surface area contributed by atoms with Gasteiger partial charge in [0.25, 0.3) is 0 Å². The zero-order chi connectivity index (χ0) is 12.3. The van der Waals surface area contributed by atoms with Gasteiger partial charge in [-0.05, 0) is 12.8 Å². The zero-order valence-corrected chi connectivity index (χ0v) is 9.67. The van der Waals surface area contributed by atoms with E-state index >= 15 is 0 Å². The number of hydrogen-bond donors (Lipinski definition) is 1. The Balaban J connectivity index is 2.05. The summed E-state index contributed by atoms with van der Waals surface area (Å²) in [4.78, 5) is 25.1. The van der Waals surface area contributed by atoms with Crippen LogP contribution in [0.3, 0.4) is 0 Å². The van der Waals surface area contributed by atoms with Gasteiger partial charge in [-0.2, -0.15) is 0 Å². The maximum atomic E-state index is 12.2. The van der Waals surface area contributed by atoms with Crippen molar-refractivity contribution in [1.82, 2.24) is 4.90 Å². The maximum Gasteiger partial charge on any atom is 0.307 e. The largest absolute Gasteiger partial charge is 0.481 e. The predicted molar refractivity (Wildman–Crippen MR) is 60.4 cm³/mol. The molecule has 0 aromatic heterocycles. The van der Waals surface area contributed by atoms with E-state index in [4.69, 9.17) is 9.84 Å². The van der Waals surface area contributed by atoms with Crippen LogP contribution in [0, 0.1) is 11.8 Å². The average molecular weight is 239 g/mol. The molecule has 1 aliphatic heterocycles. The first kappa shape index (κ1) is 12.1. The number of ether oxygens (including phenoxy) is 1. The molecule has 0 bridgehead atoms. The molecular weight excluding hydrogens is 222 g/mol. The summed E-state index contributed by atoms with van der Waals surface area (Å²) < 4.78 is 5.19. The summed E-state index contributed by atoms with van der Waals surface area (Å²) in [5, 5.41) is 9.13. The van der Waals surface area contributed by atoms with E-state index in [0.717, 1.165) is 0 Å². The summed E-state index contributed by atoms with van der Waals surface area (Å²) in [5.74, 6) is -1.89. The average Bonchev–Trinajstić information content (AvgIpc) is 2.39. The van der Waals surface area contributed by atoms with Crippen molar-refractivity contribution < 1.29 is 19.4 Å². The van der Waals surface area contributed by atoms with Gasteiger partial charge in [0.1, 0.15) is 0 Å². The van der Waals surface area contributed by atoms with Crippen LogP contribution in [-0.2, 0) is 14.3 Å². The number of aliphatic carboxylic acids is 1. The van der Waals surface area contributed by atoms with E-state index in [-0.39, 0.29) is 5.91 Å². The van der Waals surface area contributed by atoms with E-state index in [1.165, 1.54) is 0 Å². The van der Waals surface area contributed by atoms with E-state index in [9.17, 15) is 9.59 Å². The third-order valence-electron chi connectivity index (χ3n) is 3.39. The number of carbonyl (C=O) groups is 2. The van der Waals surface area contributed by atoms with Crippen LogP contribution in [0.5, 0.6) is 0 Å². The van der Waals surface area contributed by atoms with Gasteiger partial charge >= 0.3 is 5.97 Å². The van der Waals surface area contributed by atoms with E-state index in [1.54, 1.807) is 4.90 Å². The molecule has 0 spiro atoms. The molecule has 0 radical (unpaired) electrons. The Bertz CT molecular complexity index is 333. The fourth-order valence-corrected chi connectivity index (χ4v) is 2.38. The molecule has 5 heteroatoms. The molecule has 1 heterocycles. The highest BCUT2D eigenvalue weighted by Crippen LogP contribution is 2.27. The maximum absolute atomic E-state index is 12.2. The molecular formula is C12H17NO4. The van der Waals surface area contributed by atoms with E-state index in [2.05, 4.69) is 0 Å². The second-order valence-corrected chi connectivity index (χ2v) is 4.43. The highest BCUT2D eigenvalue weighted by Gasteiger charge is 2.36. The SMILES string of the molecule is O=C(O)[C@@H]1CC=CC[C@H]1C(=O)N1CCOCC1. The summed E-state index contributed by atoms with van der Waals surface area (Å²) >= 11 is 0. The second-order valence-electron chi connectivity index (χ2n) is 4.43. The van der Waals surface area contributed by atoms with Gasteiger partial charge in [0.05, 0.1) is 25.0 Å². The number of amides is 1. The molecule has 1 fully saturated rings. The Morgan fingerprint density at radius 3 is 2.29 bits per heavy atom. The van der Waals surface area contributed by atoms with Gasteiger partial charge in [-0.15, -0.1) is 0 Å². The molecule has 5 nitrogen and oxygen atoms in total. The standard InChI is InChI=1S/C12H17NO4/c14-11(13-5-7-17-8-6-13)9-3-1-2-4-10(9)12(15)16/h1-2,9-10H,3-8H2,(H,15,16)/t9-,10-/m1/s1. The first-order valence-corrected chi connectivity index (χ1v) is 5.94. The fourth-order valence-electron chi connectivity index (χ4n) is 2.38. The molecule has 94 valence electrons. The Morgan fingerprint density at radius 1 is 1.12 bits per heavy atom. The van der Waals surface area contributed by atoms with Crippen LogP contribution in [0.15, 0.2) is 12.2 Å². The van der Waals surface area contributed by atoms with Gasteiger partial charge in [-0.25, -0.2) is 0 Å². The third kappa shape index (κ3) is 2.66. The van der Waals surface area contributed by atoms with Gasteiger partial charge in [0, 0.05) is 13.1 Å². The smallest absolute Gasteiger partial charge is 0.307 e. The lowest BCUT2D eigenvalue weighted by atomic mass is 9.82. The van der Waals surface area contributed by atoms with Crippen molar-refractivity contribution in [2.24, 2.45) is 11.8 Å². The van der Waals surface area contributed by atoms with Crippen LogP contribution in [0.4, 0.5) is 0 Å². The molecule has 1 aliphatic carbocycles. The molecule has 17 heavy (non-hydrogen) atoms. The van der Waals surface area contributed by atoms with Crippen LogP contribution in [0.2, 0.25) is 0 Å². The summed E-state index contributed by atoms with van der Waals surface area (Å²) in [7, 11) is 0. The van der Waals surface area contributed by atoms with Gasteiger partial charge in [-0.3, -0.25) is 9.59 Å². The Hall–Kier alpha value is -1.36. The molecule has 1 saturated heterocycles. The predicted octanol–water partition coefficient (Wildman–Crippen LogP) is 0.512. The van der Waals surface area contributed by atoms with Crippen molar-refractivity contribution in [3.05, 3.63) is 12.2 Å². The fraction of sp³-hybridized carbons (Fsp3) is 0.667. The van der Waals surface area contributed by atoms with Crippen molar-refractivity contribution in [2.45, 2.75) is 12.8 Å². The number of carboxylic acids is 1. The minimum absolute atomic E-state index is 0.0370. The Kier molecular flexibility index (Phi) is 3.78. The molecule has 2 aliphatic rings. The number of allylic oxidation sites excluding steroid dienone is 2. The monoisotopic (exact) mass is 239 g/mol. The summed E-state index contributed by atoms with van der Waals surface area (Å²) in [6, 6.07) is 0. The number of carbonyl (C=O) groups excluding carboxylic acids is 1. The minimum atomic E-state index is -0.874. The van der Waals surface area contributed by atoms with Gasteiger partial charge < -0.3 is 14.7 Å². The molecule has 0 saturated carbocycles. The molecule has 2 atom stereocenters. The lowest BCUT2D eigenvalue weighted by molar-refractivity contribution is -0.152.